The summed E-state index contributed by atoms with van der Waals surface area (Å²) in [5, 5.41) is 0. The van der Waals surface area contributed by atoms with Gasteiger partial charge in [0.2, 0.25) is 0 Å². The Labute approximate surface area is 128 Å². The van der Waals surface area contributed by atoms with E-state index in [-0.39, 0.29) is 0 Å². The minimum atomic E-state index is 0.311. The molecule has 2 aliphatic rings. The lowest BCUT2D eigenvalue weighted by Gasteiger charge is -2.10. The van der Waals surface area contributed by atoms with E-state index in [1.807, 2.05) is 26.0 Å². The zero-order chi connectivity index (χ0) is 15.1. The summed E-state index contributed by atoms with van der Waals surface area (Å²) in [6, 6.07) is 0. The van der Waals surface area contributed by atoms with Gasteiger partial charge in [0.05, 0.1) is 0 Å². The minimum Gasteiger partial charge on any atom is -0.238 e. The second-order valence-electron chi connectivity index (χ2n) is 5.41. The highest BCUT2D eigenvalue weighted by molar-refractivity contribution is 6.08. The molecule has 1 aliphatic heterocycles. The highest BCUT2D eigenvalue weighted by atomic mass is 14.9. The molecular weight excluding hydrogens is 256 g/mol. The first-order valence-electron chi connectivity index (χ1n) is 7.69. The van der Waals surface area contributed by atoms with E-state index in [4.69, 9.17) is 4.99 Å². The van der Waals surface area contributed by atoms with Crippen molar-refractivity contribution < 1.29 is 0 Å². The molecule has 0 spiro atoms. The molecule has 0 unspecified atom stereocenters. The molecule has 21 heavy (non-hydrogen) atoms. The van der Waals surface area contributed by atoms with E-state index in [2.05, 4.69) is 48.4 Å². The van der Waals surface area contributed by atoms with E-state index in [1.54, 1.807) is 0 Å². The molecule has 110 valence electrons. The molecule has 0 saturated heterocycles. The molecule has 1 aliphatic carbocycles. The topological polar surface area (TPSA) is 24.7 Å². The van der Waals surface area contributed by atoms with Gasteiger partial charge in [-0.1, -0.05) is 55.5 Å². The van der Waals surface area contributed by atoms with E-state index in [9.17, 15) is 0 Å². The van der Waals surface area contributed by atoms with E-state index >= 15 is 0 Å². The maximum absolute atomic E-state index is 4.70. The average Bonchev–Trinajstić information content (AvgIpc) is 2.70. The van der Waals surface area contributed by atoms with E-state index in [0.29, 0.717) is 5.92 Å². The van der Waals surface area contributed by atoms with Crippen LogP contribution in [0.25, 0.3) is 0 Å². The summed E-state index contributed by atoms with van der Waals surface area (Å²) in [5.74, 6) is 1.17. The quantitative estimate of drug-likeness (QED) is 0.634. The van der Waals surface area contributed by atoms with Crippen molar-refractivity contribution in [3.8, 4) is 0 Å². The molecule has 1 atom stereocenters. The van der Waals surface area contributed by atoms with Crippen molar-refractivity contribution in [2.75, 3.05) is 0 Å². The molecule has 0 fully saturated rings. The van der Waals surface area contributed by atoms with Crippen LogP contribution in [0.3, 0.4) is 0 Å². The molecule has 0 saturated carbocycles. The molecule has 0 aromatic carbocycles. The summed E-state index contributed by atoms with van der Waals surface area (Å²) >= 11 is 0. The van der Waals surface area contributed by atoms with Crippen LogP contribution in [0.1, 0.15) is 40.0 Å². The Morgan fingerprint density at radius 2 is 2.10 bits per heavy atom. The Balaban J connectivity index is 2.15. The second kappa shape index (κ2) is 7.72. The molecule has 0 bridgehead atoms. The third-order valence-corrected chi connectivity index (χ3v) is 3.65. The predicted octanol–water partition coefficient (Wildman–Crippen LogP) is 5.18. The van der Waals surface area contributed by atoms with Gasteiger partial charge in [0, 0.05) is 23.7 Å². The van der Waals surface area contributed by atoms with Gasteiger partial charge in [-0.3, -0.25) is 0 Å². The largest absolute Gasteiger partial charge is 0.238 e. The summed E-state index contributed by atoms with van der Waals surface area (Å²) in [7, 11) is 0. The van der Waals surface area contributed by atoms with Gasteiger partial charge in [-0.25, -0.2) is 9.98 Å². The lowest BCUT2D eigenvalue weighted by molar-refractivity contribution is 0.842. The Morgan fingerprint density at radius 1 is 1.24 bits per heavy atom. The lowest BCUT2D eigenvalue weighted by atomic mass is 9.97. The van der Waals surface area contributed by atoms with Gasteiger partial charge in [-0.2, -0.15) is 0 Å². The van der Waals surface area contributed by atoms with Crippen LogP contribution in [0.4, 0.5) is 0 Å². The molecule has 0 N–H and O–H groups in total. The summed E-state index contributed by atoms with van der Waals surface area (Å²) < 4.78 is 0. The number of aliphatic imine (C=N–C) groups is 2. The maximum Gasteiger partial charge on any atom is 0.125 e. The second-order valence-corrected chi connectivity index (χ2v) is 5.41. The van der Waals surface area contributed by atoms with E-state index in [1.165, 1.54) is 11.3 Å². The van der Waals surface area contributed by atoms with Crippen LogP contribution in [0.2, 0.25) is 0 Å². The first-order valence-corrected chi connectivity index (χ1v) is 7.69. The summed E-state index contributed by atoms with van der Waals surface area (Å²) in [5.41, 5.74) is 3.63. The van der Waals surface area contributed by atoms with Gasteiger partial charge >= 0.3 is 0 Å². The SMILES string of the molecule is C/C=C\C=C/[C@H](C)C1=CCC(C2=CC=CCC2)=NC(C)=N1. The average molecular weight is 280 g/mol. The lowest BCUT2D eigenvalue weighted by Crippen LogP contribution is -2.05. The Morgan fingerprint density at radius 3 is 2.81 bits per heavy atom. The van der Waals surface area contributed by atoms with Crippen molar-refractivity contribution in [1.29, 1.82) is 0 Å². The molecule has 2 heteroatoms. The fraction of sp³-hybridized carbons (Fsp3) is 0.368. The third-order valence-electron chi connectivity index (χ3n) is 3.65. The fourth-order valence-electron chi connectivity index (χ4n) is 2.47. The molecule has 0 aromatic heterocycles. The first-order chi connectivity index (χ1) is 10.2. The molecular formula is C19H24N2. The van der Waals surface area contributed by atoms with Gasteiger partial charge < -0.3 is 0 Å². The van der Waals surface area contributed by atoms with Crippen molar-refractivity contribution in [3.05, 3.63) is 59.9 Å². The number of amidine groups is 1. The molecule has 2 nitrogen and oxygen atoms in total. The number of hydrogen-bond acceptors (Lipinski definition) is 2. The third kappa shape index (κ3) is 4.52. The van der Waals surface area contributed by atoms with Crippen LogP contribution in [0, 0.1) is 5.92 Å². The zero-order valence-corrected chi connectivity index (χ0v) is 13.2. The molecule has 0 amide bonds. The number of rotatable bonds is 4. The van der Waals surface area contributed by atoms with Crippen LogP contribution < -0.4 is 0 Å². The molecule has 2 rings (SSSR count). The monoisotopic (exact) mass is 280 g/mol. The van der Waals surface area contributed by atoms with Crippen LogP contribution in [-0.4, -0.2) is 11.5 Å². The van der Waals surface area contributed by atoms with E-state index < -0.39 is 0 Å². The standard InChI is InChI=1S/C19H24N2/c1-4-5-7-10-15(2)18-13-14-19(21-16(3)20-18)17-11-8-6-9-12-17/h4-8,10-11,13,15H,9,12,14H2,1-3H3/b5-4-,10-7-/t15-/m0/s1. The first kappa shape index (κ1) is 15.4. The smallest absolute Gasteiger partial charge is 0.125 e. The summed E-state index contributed by atoms with van der Waals surface area (Å²) in [6.45, 7) is 6.19. The van der Waals surface area contributed by atoms with Gasteiger partial charge in [0.15, 0.2) is 0 Å². The van der Waals surface area contributed by atoms with Crippen LogP contribution in [0.5, 0.6) is 0 Å². The molecule has 0 radical (unpaired) electrons. The summed E-state index contributed by atoms with van der Waals surface area (Å²) in [6.07, 6.45) is 20.1. The van der Waals surface area contributed by atoms with Crippen molar-refractivity contribution in [2.24, 2.45) is 15.9 Å². The number of allylic oxidation sites excluding steroid dienone is 9. The van der Waals surface area contributed by atoms with Crippen molar-refractivity contribution in [2.45, 2.75) is 40.0 Å². The Bertz CT molecular complexity index is 581. The molecule has 1 heterocycles. The van der Waals surface area contributed by atoms with Gasteiger partial charge in [-0.15, -0.1) is 0 Å². The van der Waals surface area contributed by atoms with Crippen molar-refractivity contribution in [1.82, 2.24) is 0 Å². The maximum atomic E-state index is 4.70. The zero-order valence-electron chi connectivity index (χ0n) is 13.2. The van der Waals surface area contributed by atoms with Gasteiger partial charge in [-0.05, 0) is 32.3 Å². The van der Waals surface area contributed by atoms with Crippen LogP contribution in [0.15, 0.2) is 69.9 Å². The fourth-order valence-corrected chi connectivity index (χ4v) is 2.47. The number of hydrogen-bond donors (Lipinski definition) is 0. The highest BCUT2D eigenvalue weighted by Gasteiger charge is 2.13. The van der Waals surface area contributed by atoms with E-state index in [0.717, 1.165) is 30.8 Å². The Hall–Kier alpha value is -1.96. The van der Waals surface area contributed by atoms with Gasteiger partial charge in [0.25, 0.3) is 0 Å². The van der Waals surface area contributed by atoms with Crippen molar-refractivity contribution in [3.63, 3.8) is 0 Å². The summed E-state index contributed by atoms with van der Waals surface area (Å²) in [4.78, 5) is 9.37. The van der Waals surface area contributed by atoms with Gasteiger partial charge in [0.1, 0.15) is 5.84 Å². The minimum absolute atomic E-state index is 0.311. The highest BCUT2D eigenvalue weighted by Crippen LogP contribution is 2.22. The number of nitrogens with zero attached hydrogens (tertiary/aromatic N) is 2. The Kier molecular flexibility index (Phi) is 5.68. The normalized spacial score (nSPS) is 20.9. The van der Waals surface area contributed by atoms with Crippen molar-refractivity contribution >= 4 is 11.5 Å². The van der Waals surface area contributed by atoms with Crippen LogP contribution in [-0.2, 0) is 0 Å². The van der Waals surface area contributed by atoms with Crippen LogP contribution >= 0.6 is 0 Å². The molecule has 0 aromatic rings. The predicted molar refractivity (Wildman–Crippen MR) is 92.8 cm³/mol.